The molecule has 0 saturated carbocycles. The maximum absolute atomic E-state index is 3.95. The van der Waals surface area contributed by atoms with Crippen molar-refractivity contribution < 1.29 is 0 Å². The summed E-state index contributed by atoms with van der Waals surface area (Å²) in [7, 11) is 0. The first-order chi connectivity index (χ1) is 7.70. The molecule has 16 heavy (non-hydrogen) atoms. The van der Waals surface area contributed by atoms with Gasteiger partial charge in [0.25, 0.3) is 0 Å². The molecule has 0 unspecified atom stereocenters. The summed E-state index contributed by atoms with van der Waals surface area (Å²) < 4.78 is 0. The topological polar surface area (TPSA) is 25.8 Å². The Bertz CT molecular complexity index is 461. The van der Waals surface area contributed by atoms with Crippen LogP contribution in [0.25, 0.3) is 10.8 Å². The number of fused-ring (bicyclic) bond motifs is 1. The van der Waals surface area contributed by atoms with Crippen molar-refractivity contribution in [2.45, 2.75) is 40.5 Å². The van der Waals surface area contributed by atoms with Gasteiger partial charge in [-0.05, 0) is 24.0 Å². The minimum atomic E-state index is 0.530. The van der Waals surface area contributed by atoms with Crippen molar-refractivity contribution in [2.24, 2.45) is 0 Å². The van der Waals surface area contributed by atoms with Gasteiger partial charge in [-0.15, -0.1) is 0 Å². The highest BCUT2D eigenvalue weighted by molar-refractivity contribution is 5.87. The number of benzene rings is 1. The second kappa shape index (κ2) is 5.59. The number of hydrogen-bond donors (Lipinski definition) is 0. The molecule has 0 N–H and O–H groups in total. The van der Waals surface area contributed by atoms with Crippen molar-refractivity contribution in [3.8, 4) is 0 Å². The number of aryl methyl sites for hydroxylation is 1. The monoisotopic (exact) mass is 216 g/mol. The molecule has 0 aliphatic heterocycles. The summed E-state index contributed by atoms with van der Waals surface area (Å²) in [6.45, 7) is 10.5. The second-order valence-electron chi connectivity index (χ2n) is 3.94. The summed E-state index contributed by atoms with van der Waals surface area (Å²) in [5.41, 5.74) is 2.61. The van der Waals surface area contributed by atoms with Gasteiger partial charge < -0.3 is 0 Å². The molecule has 0 amide bonds. The maximum Gasteiger partial charge on any atom is 0.0577 e. The van der Waals surface area contributed by atoms with Crippen LogP contribution in [0.15, 0.2) is 24.5 Å². The normalized spacial score (nSPS) is 10.1. The third kappa shape index (κ3) is 2.38. The lowest BCUT2D eigenvalue weighted by Crippen LogP contribution is -1.92. The first kappa shape index (κ1) is 12.6. The Morgan fingerprint density at radius 3 is 2.06 bits per heavy atom. The summed E-state index contributed by atoms with van der Waals surface area (Å²) >= 11 is 0. The highest BCUT2D eigenvalue weighted by Crippen LogP contribution is 2.26. The van der Waals surface area contributed by atoms with Gasteiger partial charge in [0.05, 0.1) is 12.4 Å². The zero-order chi connectivity index (χ0) is 12.1. The van der Waals surface area contributed by atoms with Crippen molar-refractivity contribution in [2.75, 3.05) is 0 Å². The Labute approximate surface area is 97.7 Å². The SMILES string of the molecule is CC.Cc1ccc(C(C)C)c2cnncc12. The van der Waals surface area contributed by atoms with Crippen molar-refractivity contribution in [3.63, 3.8) is 0 Å². The van der Waals surface area contributed by atoms with E-state index in [1.165, 1.54) is 21.9 Å². The molecule has 2 aromatic rings. The van der Waals surface area contributed by atoms with Gasteiger partial charge in [0.15, 0.2) is 0 Å². The first-order valence-electron chi connectivity index (χ1n) is 5.90. The van der Waals surface area contributed by atoms with Gasteiger partial charge in [-0.2, -0.15) is 10.2 Å². The van der Waals surface area contributed by atoms with E-state index in [0.717, 1.165) is 0 Å². The number of hydrogen-bond acceptors (Lipinski definition) is 2. The molecule has 2 nitrogen and oxygen atoms in total. The van der Waals surface area contributed by atoms with Gasteiger partial charge in [0, 0.05) is 10.8 Å². The molecule has 1 heterocycles. The fourth-order valence-electron chi connectivity index (χ4n) is 1.76. The van der Waals surface area contributed by atoms with E-state index in [-0.39, 0.29) is 0 Å². The summed E-state index contributed by atoms with van der Waals surface area (Å²) in [6, 6.07) is 4.34. The van der Waals surface area contributed by atoms with Gasteiger partial charge in [0.1, 0.15) is 0 Å². The van der Waals surface area contributed by atoms with Crippen LogP contribution in [0.3, 0.4) is 0 Å². The third-order valence-electron chi connectivity index (χ3n) is 2.60. The lowest BCUT2D eigenvalue weighted by atomic mass is 9.96. The Hall–Kier alpha value is -1.44. The molecule has 86 valence electrons. The van der Waals surface area contributed by atoms with Gasteiger partial charge in [0.2, 0.25) is 0 Å². The van der Waals surface area contributed by atoms with E-state index in [2.05, 4.69) is 43.1 Å². The Morgan fingerprint density at radius 1 is 0.938 bits per heavy atom. The fourth-order valence-corrected chi connectivity index (χ4v) is 1.76. The van der Waals surface area contributed by atoms with Crippen LogP contribution < -0.4 is 0 Å². The molecule has 2 heteroatoms. The van der Waals surface area contributed by atoms with Crippen LogP contribution in [0.4, 0.5) is 0 Å². The number of rotatable bonds is 1. The highest BCUT2D eigenvalue weighted by atomic mass is 15.1. The molecule has 1 aromatic carbocycles. The molecule has 0 saturated heterocycles. The van der Waals surface area contributed by atoms with E-state index < -0.39 is 0 Å². The van der Waals surface area contributed by atoms with E-state index >= 15 is 0 Å². The Morgan fingerprint density at radius 2 is 1.50 bits per heavy atom. The summed E-state index contributed by atoms with van der Waals surface area (Å²) in [6.07, 6.45) is 3.70. The summed E-state index contributed by atoms with van der Waals surface area (Å²) in [4.78, 5) is 0. The summed E-state index contributed by atoms with van der Waals surface area (Å²) in [5.74, 6) is 0.530. The fraction of sp³-hybridized carbons (Fsp3) is 0.429. The molecule has 1 aromatic heterocycles. The van der Waals surface area contributed by atoms with E-state index in [1.807, 2.05) is 26.2 Å². The lowest BCUT2D eigenvalue weighted by molar-refractivity contribution is 0.873. The molecule has 0 aliphatic carbocycles. The molecule has 0 spiro atoms. The molecular weight excluding hydrogens is 196 g/mol. The van der Waals surface area contributed by atoms with Crippen LogP contribution in [-0.2, 0) is 0 Å². The molecule has 0 aliphatic rings. The van der Waals surface area contributed by atoms with Crippen molar-refractivity contribution in [1.29, 1.82) is 0 Å². The van der Waals surface area contributed by atoms with Crippen molar-refractivity contribution in [1.82, 2.24) is 10.2 Å². The third-order valence-corrected chi connectivity index (χ3v) is 2.60. The Balaban J connectivity index is 0.000000606. The van der Waals surface area contributed by atoms with E-state index in [1.54, 1.807) is 0 Å². The first-order valence-corrected chi connectivity index (χ1v) is 5.90. The van der Waals surface area contributed by atoms with E-state index in [4.69, 9.17) is 0 Å². The zero-order valence-corrected chi connectivity index (χ0v) is 10.8. The zero-order valence-electron chi connectivity index (χ0n) is 10.8. The molecule has 0 fully saturated rings. The molecule has 0 atom stereocenters. The predicted molar refractivity (Wildman–Crippen MR) is 69.7 cm³/mol. The second-order valence-corrected chi connectivity index (χ2v) is 3.94. The minimum Gasteiger partial charge on any atom is -0.158 e. The lowest BCUT2D eigenvalue weighted by Gasteiger charge is -2.10. The van der Waals surface area contributed by atoms with Crippen LogP contribution in [0.1, 0.15) is 44.7 Å². The van der Waals surface area contributed by atoms with Gasteiger partial charge in [-0.3, -0.25) is 0 Å². The largest absolute Gasteiger partial charge is 0.158 e. The standard InChI is InChI=1S/C12H14N2.C2H6/c1-8(2)10-5-4-9(3)11-6-13-14-7-12(10)11;1-2/h4-8H,1-3H3;1-2H3. The quantitative estimate of drug-likeness (QED) is 0.717. The molecule has 0 radical (unpaired) electrons. The van der Waals surface area contributed by atoms with Crippen molar-refractivity contribution >= 4 is 10.8 Å². The van der Waals surface area contributed by atoms with Gasteiger partial charge in [-0.1, -0.05) is 39.8 Å². The minimum absolute atomic E-state index is 0.530. The molecular formula is C14H20N2. The maximum atomic E-state index is 3.95. The number of aromatic nitrogens is 2. The van der Waals surface area contributed by atoms with Crippen molar-refractivity contribution in [3.05, 3.63) is 35.7 Å². The smallest absolute Gasteiger partial charge is 0.0577 e. The van der Waals surface area contributed by atoms with E-state index in [9.17, 15) is 0 Å². The average Bonchev–Trinajstić information content (AvgIpc) is 2.32. The Kier molecular flexibility index (Phi) is 4.41. The van der Waals surface area contributed by atoms with E-state index in [0.29, 0.717) is 5.92 Å². The van der Waals surface area contributed by atoms with Crippen LogP contribution in [0, 0.1) is 6.92 Å². The highest BCUT2D eigenvalue weighted by Gasteiger charge is 2.06. The number of nitrogens with zero attached hydrogens (tertiary/aromatic N) is 2. The van der Waals surface area contributed by atoms with Gasteiger partial charge >= 0.3 is 0 Å². The predicted octanol–water partition coefficient (Wildman–Crippen LogP) is 4.09. The molecule has 0 bridgehead atoms. The van der Waals surface area contributed by atoms with Crippen LogP contribution in [-0.4, -0.2) is 10.2 Å². The van der Waals surface area contributed by atoms with Crippen LogP contribution >= 0.6 is 0 Å². The van der Waals surface area contributed by atoms with Gasteiger partial charge in [-0.25, -0.2) is 0 Å². The average molecular weight is 216 g/mol. The summed E-state index contributed by atoms with van der Waals surface area (Å²) in [5, 5.41) is 10.3. The van der Waals surface area contributed by atoms with Crippen LogP contribution in [0.2, 0.25) is 0 Å². The molecule has 2 rings (SSSR count). The van der Waals surface area contributed by atoms with Crippen LogP contribution in [0.5, 0.6) is 0 Å².